The Morgan fingerprint density at radius 1 is 1.43 bits per heavy atom. The van der Waals surface area contributed by atoms with Crippen LogP contribution in [0.5, 0.6) is 0 Å². The average Bonchev–Trinajstić information content (AvgIpc) is 2.52. The van der Waals surface area contributed by atoms with E-state index >= 15 is 0 Å². The lowest BCUT2D eigenvalue weighted by atomic mass is 10.1. The summed E-state index contributed by atoms with van der Waals surface area (Å²) < 4.78 is 5.44. The van der Waals surface area contributed by atoms with Gasteiger partial charge in [-0.05, 0) is 18.9 Å². The fourth-order valence-electron chi connectivity index (χ4n) is 0.971. The van der Waals surface area contributed by atoms with Crippen molar-refractivity contribution >= 4 is 11.8 Å². The van der Waals surface area contributed by atoms with Crippen molar-refractivity contribution in [3.8, 4) is 0 Å². The standard InChI is InChI=1S/C9H17N3OS/c1-7(2)6-8-11-12-9(13-8)14-5-3-4-10/h7H,3-6,10H2,1-2H3. The highest BCUT2D eigenvalue weighted by molar-refractivity contribution is 7.99. The van der Waals surface area contributed by atoms with Crippen molar-refractivity contribution in [2.75, 3.05) is 12.3 Å². The molecular weight excluding hydrogens is 198 g/mol. The molecule has 1 aromatic rings. The molecule has 2 N–H and O–H groups in total. The number of hydrogen-bond donors (Lipinski definition) is 1. The zero-order valence-electron chi connectivity index (χ0n) is 8.69. The Bertz CT molecular complexity index is 262. The highest BCUT2D eigenvalue weighted by Gasteiger charge is 2.07. The number of hydrogen-bond acceptors (Lipinski definition) is 5. The van der Waals surface area contributed by atoms with E-state index in [0.29, 0.717) is 17.7 Å². The van der Waals surface area contributed by atoms with Gasteiger partial charge in [0.15, 0.2) is 0 Å². The molecule has 0 saturated heterocycles. The van der Waals surface area contributed by atoms with Crippen molar-refractivity contribution in [2.45, 2.75) is 31.9 Å². The van der Waals surface area contributed by atoms with Crippen LogP contribution in [0.3, 0.4) is 0 Å². The van der Waals surface area contributed by atoms with Gasteiger partial charge in [-0.15, -0.1) is 10.2 Å². The van der Waals surface area contributed by atoms with E-state index in [4.69, 9.17) is 10.2 Å². The van der Waals surface area contributed by atoms with E-state index in [9.17, 15) is 0 Å². The van der Waals surface area contributed by atoms with Crippen molar-refractivity contribution in [1.82, 2.24) is 10.2 Å². The molecule has 0 aliphatic rings. The molecule has 1 aromatic heterocycles. The molecule has 1 heterocycles. The van der Waals surface area contributed by atoms with Gasteiger partial charge in [-0.25, -0.2) is 0 Å². The summed E-state index contributed by atoms with van der Waals surface area (Å²) in [5.41, 5.74) is 5.38. The molecule has 80 valence electrons. The number of nitrogens with two attached hydrogens (primary N) is 1. The predicted octanol–water partition coefficient (Wildman–Crippen LogP) is 1.71. The van der Waals surface area contributed by atoms with E-state index < -0.39 is 0 Å². The molecule has 5 heteroatoms. The molecular formula is C9H17N3OS. The lowest BCUT2D eigenvalue weighted by Gasteiger charge is -1.97. The average molecular weight is 215 g/mol. The lowest BCUT2D eigenvalue weighted by molar-refractivity contribution is 0.394. The van der Waals surface area contributed by atoms with Gasteiger partial charge in [-0.2, -0.15) is 0 Å². The first-order valence-electron chi connectivity index (χ1n) is 4.87. The Morgan fingerprint density at radius 2 is 2.21 bits per heavy atom. The highest BCUT2D eigenvalue weighted by atomic mass is 32.2. The van der Waals surface area contributed by atoms with Crippen LogP contribution in [0.25, 0.3) is 0 Å². The van der Waals surface area contributed by atoms with Crippen LogP contribution >= 0.6 is 11.8 Å². The molecule has 0 amide bonds. The summed E-state index contributed by atoms with van der Waals surface area (Å²) in [7, 11) is 0. The molecule has 0 atom stereocenters. The smallest absolute Gasteiger partial charge is 0.276 e. The number of thioether (sulfide) groups is 1. The molecule has 0 aliphatic carbocycles. The maximum Gasteiger partial charge on any atom is 0.276 e. The monoisotopic (exact) mass is 215 g/mol. The van der Waals surface area contributed by atoms with Crippen molar-refractivity contribution in [2.24, 2.45) is 11.7 Å². The minimum atomic E-state index is 0.553. The summed E-state index contributed by atoms with van der Waals surface area (Å²) in [6, 6.07) is 0. The number of rotatable bonds is 6. The third-order valence-corrected chi connectivity index (χ3v) is 2.51. The second-order valence-electron chi connectivity index (χ2n) is 3.55. The van der Waals surface area contributed by atoms with E-state index in [1.54, 1.807) is 11.8 Å². The van der Waals surface area contributed by atoms with Gasteiger partial charge < -0.3 is 10.2 Å². The molecule has 0 radical (unpaired) electrons. The molecule has 0 bridgehead atoms. The zero-order valence-corrected chi connectivity index (χ0v) is 9.51. The Kier molecular flexibility index (Phi) is 4.97. The molecule has 14 heavy (non-hydrogen) atoms. The van der Waals surface area contributed by atoms with E-state index in [2.05, 4.69) is 24.0 Å². The van der Waals surface area contributed by atoms with Gasteiger partial charge in [0.1, 0.15) is 0 Å². The third kappa shape index (κ3) is 4.11. The maximum absolute atomic E-state index is 5.44. The Hall–Kier alpha value is -0.550. The molecule has 0 spiro atoms. The summed E-state index contributed by atoms with van der Waals surface area (Å²) in [6.07, 6.45) is 1.83. The maximum atomic E-state index is 5.44. The van der Waals surface area contributed by atoms with E-state index in [1.165, 1.54) is 0 Å². The SMILES string of the molecule is CC(C)Cc1nnc(SCCCN)o1. The highest BCUT2D eigenvalue weighted by Crippen LogP contribution is 2.17. The van der Waals surface area contributed by atoms with Crippen LogP contribution in [0.15, 0.2) is 9.64 Å². The van der Waals surface area contributed by atoms with Crippen LogP contribution < -0.4 is 5.73 Å². The Labute approximate surface area is 88.7 Å². The lowest BCUT2D eigenvalue weighted by Crippen LogP contribution is -1.99. The first kappa shape index (κ1) is 11.5. The molecule has 0 aliphatic heterocycles. The quantitative estimate of drug-likeness (QED) is 0.578. The molecule has 0 aromatic carbocycles. The van der Waals surface area contributed by atoms with Gasteiger partial charge in [0.2, 0.25) is 5.89 Å². The van der Waals surface area contributed by atoms with Gasteiger partial charge in [0, 0.05) is 12.2 Å². The fourth-order valence-corrected chi connectivity index (χ4v) is 1.71. The molecule has 4 nitrogen and oxygen atoms in total. The largest absolute Gasteiger partial charge is 0.416 e. The zero-order chi connectivity index (χ0) is 10.4. The number of nitrogens with zero attached hydrogens (tertiary/aromatic N) is 2. The van der Waals surface area contributed by atoms with Gasteiger partial charge in [0.05, 0.1) is 0 Å². The van der Waals surface area contributed by atoms with Crippen molar-refractivity contribution < 1.29 is 4.42 Å². The van der Waals surface area contributed by atoms with E-state index in [-0.39, 0.29) is 0 Å². The molecule has 0 unspecified atom stereocenters. The van der Waals surface area contributed by atoms with Gasteiger partial charge in [-0.1, -0.05) is 25.6 Å². The summed E-state index contributed by atoms with van der Waals surface area (Å²) in [6.45, 7) is 4.97. The van der Waals surface area contributed by atoms with Crippen molar-refractivity contribution in [1.29, 1.82) is 0 Å². The van der Waals surface area contributed by atoms with Crippen LogP contribution in [-0.2, 0) is 6.42 Å². The minimum absolute atomic E-state index is 0.553. The molecule has 1 rings (SSSR count). The van der Waals surface area contributed by atoms with Gasteiger partial charge in [0.25, 0.3) is 5.22 Å². The van der Waals surface area contributed by atoms with Crippen LogP contribution in [0.1, 0.15) is 26.2 Å². The Balaban J connectivity index is 2.35. The summed E-state index contributed by atoms with van der Waals surface area (Å²) >= 11 is 1.57. The van der Waals surface area contributed by atoms with Crippen molar-refractivity contribution in [3.63, 3.8) is 0 Å². The fraction of sp³-hybridized carbons (Fsp3) is 0.778. The van der Waals surface area contributed by atoms with Crippen molar-refractivity contribution in [3.05, 3.63) is 5.89 Å². The minimum Gasteiger partial charge on any atom is -0.416 e. The van der Waals surface area contributed by atoms with Crippen LogP contribution in [-0.4, -0.2) is 22.5 Å². The first-order chi connectivity index (χ1) is 6.72. The Morgan fingerprint density at radius 3 is 2.86 bits per heavy atom. The van der Waals surface area contributed by atoms with Crippen LogP contribution in [0.2, 0.25) is 0 Å². The van der Waals surface area contributed by atoms with Gasteiger partial charge >= 0.3 is 0 Å². The number of aromatic nitrogens is 2. The normalized spacial score (nSPS) is 11.1. The van der Waals surface area contributed by atoms with Crippen LogP contribution in [0.4, 0.5) is 0 Å². The summed E-state index contributed by atoms with van der Waals surface area (Å²) in [5, 5.41) is 8.57. The summed E-state index contributed by atoms with van der Waals surface area (Å²) in [5.74, 6) is 2.23. The van der Waals surface area contributed by atoms with Crippen LogP contribution in [0, 0.1) is 5.92 Å². The second-order valence-corrected chi connectivity index (χ2v) is 4.60. The predicted molar refractivity (Wildman–Crippen MR) is 57.2 cm³/mol. The van der Waals surface area contributed by atoms with E-state index in [1.807, 2.05) is 0 Å². The third-order valence-electron chi connectivity index (χ3n) is 1.61. The molecule has 0 saturated carbocycles. The second kappa shape index (κ2) is 6.03. The first-order valence-corrected chi connectivity index (χ1v) is 5.86. The van der Waals surface area contributed by atoms with E-state index in [0.717, 1.165) is 24.5 Å². The molecule has 0 fully saturated rings. The van der Waals surface area contributed by atoms with Gasteiger partial charge in [-0.3, -0.25) is 0 Å². The topological polar surface area (TPSA) is 64.9 Å². The summed E-state index contributed by atoms with van der Waals surface area (Å²) in [4.78, 5) is 0.